The number of unbranched alkanes of at least 4 members (excludes halogenated alkanes) is 5. The highest BCUT2D eigenvalue weighted by molar-refractivity contribution is 5.95. The van der Waals surface area contributed by atoms with E-state index < -0.39 is 0 Å². The van der Waals surface area contributed by atoms with Gasteiger partial charge < -0.3 is 15.0 Å². The molecule has 1 aliphatic rings. The van der Waals surface area contributed by atoms with E-state index in [4.69, 9.17) is 9.84 Å². The zero-order chi connectivity index (χ0) is 24.2. The molecule has 9 nitrogen and oxygen atoms in total. The number of nitrogens with one attached hydrogen (secondary N) is 2. The summed E-state index contributed by atoms with van der Waals surface area (Å²) in [7, 11) is 0. The lowest BCUT2D eigenvalue weighted by atomic mass is 9.86. The third-order valence-electron chi connectivity index (χ3n) is 6.56. The molecule has 0 fully saturated rings. The summed E-state index contributed by atoms with van der Waals surface area (Å²) in [5.74, 6) is 1.90. The highest BCUT2D eigenvalue weighted by Crippen LogP contribution is 2.40. The predicted octanol–water partition coefficient (Wildman–Crippen LogP) is 5.06. The third-order valence-corrected chi connectivity index (χ3v) is 6.56. The SMILES string of the molecule is CCCCCCCCOc1ccc(C2CC(=O)Nc3c2c(C)nn3-c2ncnc3nc[nH]c23)cc1. The number of aryl methyl sites for hydroxylation is 1. The Morgan fingerprint density at radius 1 is 1.06 bits per heavy atom. The Hall–Kier alpha value is -3.75. The van der Waals surface area contributed by atoms with E-state index in [0.717, 1.165) is 35.6 Å². The maximum atomic E-state index is 12.7. The first-order valence-electron chi connectivity index (χ1n) is 12.4. The summed E-state index contributed by atoms with van der Waals surface area (Å²) in [6.07, 6.45) is 10.8. The Morgan fingerprint density at radius 2 is 1.86 bits per heavy atom. The number of aromatic nitrogens is 6. The number of aromatic amines is 1. The van der Waals surface area contributed by atoms with Crippen molar-refractivity contribution in [1.82, 2.24) is 29.7 Å². The maximum Gasteiger partial charge on any atom is 0.226 e. The number of amides is 1. The molecule has 9 heteroatoms. The second-order valence-electron chi connectivity index (χ2n) is 9.05. The van der Waals surface area contributed by atoms with Crippen LogP contribution in [-0.4, -0.2) is 42.2 Å². The first-order chi connectivity index (χ1) is 17.2. The van der Waals surface area contributed by atoms with E-state index in [0.29, 0.717) is 29.2 Å². The number of carbonyl (C=O) groups is 1. The van der Waals surface area contributed by atoms with Crippen LogP contribution in [0.2, 0.25) is 0 Å². The molecule has 0 saturated carbocycles. The number of benzene rings is 1. The van der Waals surface area contributed by atoms with Crippen LogP contribution in [0.3, 0.4) is 0 Å². The third kappa shape index (κ3) is 4.76. The summed E-state index contributed by atoms with van der Waals surface area (Å²) < 4.78 is 7.62. The molecule has 0 spiro atoms. The van der Waals surface area contributed by atoms with Crippen LogP contribution < -0.4 is 10.1 Å². The van der Waals surface area contributed by atoms with Gasteiger partial charge in [0, 0.05) is 17.9 Å². The molecule has 2 N–H and O–H groups in total. The molecule has 4 aromatic rings. The minimum Gasteiger partial charge on any atom is -0.494 e. The molecule has 0 radical (unpaired) electrons. The quantitative estimate of drug-likeness (QED) is 0.312. The van der Waals surface area contributed by atoms with E-state index in [9.17, 15) is 4.79 Å². The number of ether oxygens (including phenoxy) is 1. The minimum atomic E-state index is -0.0980. The summed E-state index contributed by atoms with van der Waals surface area (Å²) in [6.45, 7) is 4.93. The molecule has 182 valence electrons. The summed E-state index contributed by atoms with van der Waals surface area (Å²) >= 11 is 0. The summed E-state index contributed by atoms with van der Waals surface area (Å²) in [4.78, 5) is 28.6. The van der Waals surface area contributed by atoms with Gasteiger partial charge in [-0.1, -0.05) is 51.2 Å². The Bertz CT molecular complexity index is 1310. The number of carbonyl (C=O) groups excluding carboxylic acids is 1. The monoisotopic (exact) mass is 473 g/mol. The second kappa shape index (κ2) is 10.2. The normalized spacial score (nSPS) is 15.3. The molecule has 4 heterocycles. The second-order valence-corrected chi connectivity index (χ2v) is 9.05. The Kier molecular flexibility index (Phi) is 6.74. The standard InChI is InChI=1S/C26H31N7O2/c1-3-4-5-6-7-8-13-35-19-11-9-18(10-12-19)20-14-21(34)31-25-22(20)17(2)32-33(25)26-23-24(28-15-27-23)29-16-30-26/h9-12,15-16,20H,3-8,13-14H2,1-2H3,(H,31,34)(H,27,28,29,30). The summed E-state index contributed by atoms with van der Waals surface area (Å²) in [6, 6.07) is 8.10. The van der Waals surface area contributed by atoms with Crippen molar-refractivity contribution < 1.29 is 9.53 Å². The van der Waals surface area contributed by atoms with Gasteiger partial charge in [0.25, 0.3) is 0 Å². The Labute approximate surface area is 204 Å². The molecular formula is C26H31N7O2. The van der Waals surface area contributed by atoms with Crippen molar-refractivity contribution in [3.8, 4) is 11.6 Å². The maximum absolute atomic E-state index is 12.7. The Morgan fingerprint density at radius 3 is 2.69 bits per heavy atom. The number of nitrogens with zero attached hydrogens (tertiary/aromatic N) is 5. The van der Waals surface area contributed by atoms with Gasteiger partial charge in [0.1, 0.15) is 23.4 Å². The minimum absolute atomic E-state index is 0.0537. The molecule has 1 unspecified atom stereocenters. The number of anilines is 1. The zero-order valence-electron chi connectivity index (χ0n) is 20.3. The first-order valence-corrected chi connectivity index (χ1v) is 12.4. The van der Waals surface area contributed by atoms with Crippen LogP contribution in [-0.2, 0) is 4.79 Å². The molecule has 0 bridgehead atoms. The van der Waals surface area contributed by atoms with Gasteiger partial charge in [-0.15, -0.1) is 0 Å². The number of hydrogen-bond acceptors (Lipinski definition) is 6. The van der Waals surface area contributed by atoms with E-state index in [1.807, 2.05) is 19.1 Å². The molecular weight excluding hydrogens is 442 g/mol. The van der Waals surface area contributed by atoms with Gasteiger partial charge in [0.05, 0.1) is 18.6 Å². The van der Waals surface area contributed by atoms with Gasteiger partial charge in [0.2, 0.25) is 5.91 Å². The highest BCUT2D eigenvalue weighted by atomic mass is 16.5. The van der Waals surface area contributed by atoms with Gasteiger partial charge in [-0.2, -0.15) is 9.78 Å². The highest BCUT2D eigenvalue weighted by Gasteiger charge is 2.33. The van der Waals surface area contributed by atoms with Crippen LogP contribution in [0, 0.1) is 6.92 Å². The summed E-state index contributed by atoms with van der Waals surface area (Å²) in [5.41, 5.74) is 4.12. The zero-order valence-corrected chi connectivity index (χ0v) is 20.3. The molecule has 1 amide bonds. The van der Waals surface area contributed by atoms with Crippen LogP contribution >= 0.6 is 0 Å². The van der Waals surface area contributed by atoms with Crippen LogP contribution in [0.25, 0.3) is 17.0 Å². The van der Waals surface area contributed by atoms with E-state index in [1.54, 1.807) is 11.0 Å². The van der Waals surface area contributed by atoms with Crippen LogP contribution in [0.1, 0.15) is 74.6 Å². The predicted molar refractivity (Wildman–Crippen MR) is 134 cm³/mol. The number of hydrogen-bond donors (Lipinski definition) is 2. The van der Waals surface area contributed by atoms with E-state index >= 15 is 0 Å². The van der Waals surface area contributed by atoms with Gasteiger partial charge >= 0.3 is 0 Å². The smallest absolute Gasteiger partial charge is 0.226 e. The fourth-order valence-corrected chi connectivity index (χ4v) is 4.77. The van der Waals surface area contributed by atoms with Crippen molar-refractivity contribution in [2.24, 2.45) is 0 Å². The van der Waals surface area contributed by atoms with Gasteiger partial charge in [-0.25, -0.2) is 15.0 Å². The van der Waals surface area contributed by atoms with E-state index in [2.05, 4.69) is 44.3 Å². The van der Waals surface area contributed by atoms with Crippen molar-refractivity contribution in [2.45, 2.75) is 64.7 Å². The number of fused-ring (bicyclic) bond motifs is 2. The first kappa shape index (κ1) is 23.0. The molecule has 5 rings (SSSR count). The van der Waals surface area contributed by atoms with E-state index in [1.165, 1.54) is 38.4 Å². The van der Waals surface area contributed by atoms with Crippen molar-refractivity contribution >= 4 is 22.9 Å². The molecule has 1 aliphatic heterocycles. The van der Waals surface area contributed by atoms with Crippen molar-refractivity contribution in [3.63, 3.8) is 0 Å². The van der Waals surface area contributed by atoms with Crippen LogP contribution in [0.4, 0.5) is 5.82 Å². The molecule has 1 atom stereocenters. The molecule has 1 aromatic carbocycles. The number of rotatable bonds is 10. The lowest BCUT2D eigenvalue weighted by molar-refractivity contribution is -0.116. The average molecular weight is 474 g/mol. The number of H-pyrrole nitrogens is 1. The van der Waals surface area contributed by atoms with Crippen LogP contribution in [0.15, 0.2) is 36.9 Å². The largest absolute Gasteiger partial charge is 0.494 e. The molecule has 3 aromatic heterocycles. The van der Waals surface area contributed by atoms with Crippen molar-refractivity contribution in [2.75, 3.05) is 11.9 Å². The van der Waals surface area contributed by atoms with Gasteiger partial charge in [0.15, 0.2) is 11.5 Å². The van der Waals surface area contributed by atoms with Crippen molar-refractivity contribution in [3.05, 3.63) is 53.7 Å². The number of imidazole rings is 1. The lowest BCUT2D eigenvalue weighted by Gasteiger charge is -2.24. The van der Waals surface area contributed by atoms with E-state index in [-0.39, 0.29) is 11.8 Å². The fraction of sp³-hybridized carbons (Fsp3) is 0.423. The topological polar surface area (TPSA) is 111 Å². The lowest BCUT2D eigenvalue weighted by Crippen LogP contribution is -2.25. The van der Waals surface area contributed by atoms with Gasteiger partial charge in [-0.05, 0) is 31.0 Å². The average Bonchev–Trinajstić information content (AvgIpc) is 3.48. The van der Waals surface area contributed by atoms with Crippen molar-refractivity contribution in [1.29, 1.82) is 0 Å². The molecule has 35 heavy (non-hydrogen) atoms. The van der Waals surface area contributed by atoms with Crippen LogP contribution in [0.5, 0.6) is 5.75 Å². The Balaban J connectivity index is 1.35. The summed E-state index contributed by atoms with van der Waals surface area (Å²) in [5, 5.41) is 7.75. The fourth-order valence-electron chi connectivity index (χ4n) is 4.77. The van der Waals surface area contributed by atoms with Gasteiger partial charge in [-0.3, -0.25) is 4.79 Å². The molecule has 0 saturated heterocycles. The molecule has 0 aliphatic carbocycles.